The highest BCUT2D eigenvalue weighted by Gasteiger charge is 2.08. The van der Waals surface area contributed by atoms with Crippen LogP contribution in [-0.4, -0.2) is 42.8 Å². The van der Waals surface area contributed by atoms with Gasteiger partial charge in [0.25, 0.3) is 0 Å². The lowest BCUT2D eigenvalue weighted by molar-refractivity contribution is 0.287. The van der Waals surface area contributed by atoms with Gasteiger partial charge in [-0.15, -0.1) is 5.10 Å². The molecule has 1 heterocycles. The minimum Gasteiger partial charge on any atom is -0.508 e. The predicted molar refractivity (Wildman–Crippen MR) is 67.9 cm³/mol. The van der Waals surface area contributed by atoms with E-state index in [0.717, 1.165) is 24.3 Å². The Balaban J connectivity index is 2.05. The van der Waals surface area contributed by atoms with E-state index in [4.69, 9.17) is 5.11 Å². The van der Waals surface area contributed by atoms with Crippen LogP contribution in [0.15, 0.2) is 29.4 Å². The number of rotatable bonds is 6. The molecule has 0 atom stereocenters. The SMILES string of the molecule is OCCCCSc1nnnn1-c1ccc(O)cc1. The van der Waals surface area contributed by atoms with Crippen LogP contribution < -0.4 is 0 Å². The number of unbranched alkanes of at least 4 members (excludes halogenated alkanes) is 1. The lowest BCUT2D eigenvalue weighted by Crippen LogP contribution is -1.99. The standard InChI is InChI=1S/C11H14N4O2S/c16-7-1-2-8-18-11-12-13-14-15(11)9-3-5-10(17)6-4-9/h3-6,16-17H,1-2,7-8H2. The van der Waals surface area contributed by atoms with Gasteiger partial charge in [-0.3, -0.25) is 0 Å². The maximum atomic E-state index is 9.23. The van der Waals surface area contributed by atoms with Gasteiger partial charge >= 0.3 is 0 Å². The molecule has 0 aliphatic rings. The maximum Gasteiger partial charge on any atom is 0.214 e. The average Bonchev–Trinajstić information content (AvgIpc) is 2.84. The van der Waals surface area contributed by atoms with Crippen LogP contribution in [-0.2, 0) is 0 Å². The number of hydrogen-bond acceptors (Lipinski definition) is 6. The molecular weight excluding hydrogens is 252 g/mol. The Morgan fingerprint density at radius 1 is 1.17 bits per heavy atom. The van der Waals surface area contributed by atoms with Crippen LogP contribution in [0.1, 0.15) is 12.8 Å². The minimum absolute atomic E-state index is 0.212. The molecule has 18 heavy (non-hydrogen) atoms. The second-order valence-electron chi connectivity index (χ2n) is 3.67. The second kappa shape index (κ2) is 6.36. The number of phenolic OH excluding ortho intramolecular Hbond substituents is 1. The first-order chi connectivity index (χ1) is 8.81. The van der Waals surface area contributed by atoms with E-state index in [-0.39, 0.29) is 12.4 Å². The van der Waals surface area contributed by atoms with Crippen LogP contribution in [0.3, 0.4) is 0 Å². The molecule has 2 N–H and O–H groups in total. The van der Waals surface area contributed by atoms with E-state index in [1.807, 2.05) is 0 Å². The molecule has 0 saturated heterocycles. The topological polar surface area (TPSA) is 84.1 Å². The van der Waals surface area contributed by atoms with Crippen molar-refractivity contribution in [2.24, 2.45) is 0 Å². The van der Waals surface area contributed by atoms with E-state index >= 15 is 0 Å². The number of aliphatic hydroxyl groups excluding tert-OH is 1. The molecule has 0 fully saturated rings. The number of phenols is 1. The van der Waals surface area contributed by atoms with Crippen LogP contribution in [0.5, 0.6) is 5.75 Å². The third-order valence-electron chi connectivity index (χ3n) is 2.32. The van der Waals surface area contributed by atoms with Crippen molar-refractivity contribution in [2.75, 3.05) is 12.4 Å². The van der Waals surface area contributed by atoms with Gasteiger partial charge in [0.2, 0.25) is 5.16 Å². The first-order valence-corrected chi connectivity index (χ1v) is 6.61. The fourth-order valence-electron chi connectivity index (χ4n) is 1.40. The van der Waals surface area contributed by atoms with Gasteiger partial charge in [0.1, 0.15) is 5.75 Å². The number of thioether (sulfide) groups is 1. The summed E-state index contributed by atoms with van der Waals surface area (Å²) in [5.41, 5.74) is 0.808. The zero-order valence-electron chi connectivity index (χ0n) is 9.73. The summed E-state index contributed by atoms with van der Waals surface area (Å²) >= 11 is 1.55. The van der Waals surface area contributed by atoms with E-state index in [1.165, 1.54) is 0 Å². The summed E-state index contributed by atoms with van der Waals surface area (Å²) in [5, 5.41) is 30.2. The molecule has 1 aromatic heterocycles. The third kappa shape index (κ3) is 3.21. The number of aromatic hydroxyl groups is 1. The van der Waals surface area contributed by atoms with Crippen molar-refractivity contribution >= 4 is 11.8 Å². The number of hydrogen-bond donors (Lipinski definition) is 2. The number of aromatic nitrogens is 4. The fourth-order valence-corrected chi connectivity index (χ4v) is 2.29. The Morgan fingerprint density at radius 3 is 2.67 bits per heavy atom. The number of aliphatic hydroxyl groups is 1. The summed E-state index contributed by atoms with van der Waals surface area (Å²) < 4.78 is 1.63. The van der Waals surface area contributed by atoms with Gasteiger partial charge in [-0.25, -0.2) is 0 Å². The van der Waals surface area contributed by atoms with Gasteiger partial charge < -0.3 is 10.2 Å². The average molecular weight is 266 g/mol. The quantitative estimate of drug-likeness (QED) is 0.604. The van der Waals surface area contributed by atoms with Gasteiger partial charge in [0, 0.05) is 12.4 Å². The summed E-state index contributed by atoms with van der Waals surface area (Å²) in [7, 11) is 0. The molecular formula is C11H14N4O2S. The van der Waals surface area contributed by atoms with Crippen molar-refractivity contribution in [1.82, 2.24) is 20.2 Å². The Bertz CT molecular complexity index is 486. The summed E-state index contributed by atoms with van der Waals surface area (Å²) in [6, 6.07) is 6.70. The van der Waals surface area contributed by atoms with Crippen molar-refractivity contribution in [3.63, 3.8) is 0 Å². The Hall–Kier alpha value is -1.60. The lowest BCUT2D eigenvalue weighted by Gasteiger charge is -2.03. The third-order valence-corrected chi connectivity index (χ3v) is 3.32. The summed E-state index contributed by atoms with van der Waals surface area (Å²) in [6.45, 7) is 0.212. The largest absolute Gasteiger partial charge is 0.508 e. The first kappa shape index (κ1) is 12.8. The van der Waals surface area contributed by atoms with Crippen LogP contribution in [0.25, 0.3) is 5.69 Å². The summed E-state index contributed by atoms with van der Waals surface area (Å²) in [6.07, 6.45) is 1.71. The molecule has 0 aliphatic heterocycles. The van der Waals surface area contributed by atoms with Crippen molar-refractivity contribution in [3.05, 3.63) is 24.3 Å². The molecule has 0 unspecified atom stereocenters. The number of nitrogens with zero attached hydrogens (tertiary/aromatic N) is 4. The predicted octanol–water partition coefficient (Wildman–Crippen LogP) is 1.23. The van der Waals surface area contributed by atoms with E-state index in [1.54, 1.807) is 40.7 Å². The van der Waals surface area contributed by atoms with E-state index in [0.29, 0.717) is 5.16 Å². The van der Waals surface area contributed by atoms with E-state index < -0.39 is 0 Å². The molecule has 0 radical (unpaired) electrons. The zero-order chi connectivity index (χ0) is 12.8. The van der Waals surface area contributed by atoms with E-state index in [9.17, 15) is 5.11 Å². The number of tetrazole rings is 1. The molecule has 6 nitrogen and oxygen atoms in total. The zero-order valence-corrected chi connectivity index (χ0v) is 10.5. The monoisotopic (exact) mass is 266 g/mol. The van der Waals surface area contributed by atoms with Gasteiger partial charge in [0.05, 0.1) is 5.69 Å². The molecule has 2 rings (SSSR count). The molecule has 1 aromatic carbocycles. The highest BCUT2D eigenvalue weighted by atomic mass is 32.2. The normalized spacial score (nSPS) is 10.7. The smallest absolute Gasteiger partial charge is 0.214 e. The molecule has 0 spiro atoms. The lowest BCUT2D eigenvalue weighted by atomic mass is 10.3. The molecule has 0 bridgehead atoms. The van der Waals surface area contributed by atoms with Gasteiger partial charge in [-0.2, -0.15) is 4.68 Å². The van der Waals surface area contributed by atoms with Crippen molar-refractivity contribution in [1.29, 1.82) is 0 Å². The molecule has 0 amide bonds. The minimum atomic E-state index is 0.212. The first-order valence-electron chi connectivity index (χ1n) is 5.62. The fraction of sp³-hybridized carbons (Fsp3) is 0.364. The Kier molecular flexibility index (Phi) is 4.54. The van der Waals surface area contributed by atoms with Crippen molar-refractivity contribution in [3.8, 4) is 11.4 Å². The summed E-state index contributed by atoms with van der Waals surface area (Å²) in [4.78, 5) is 0. The van der Waals surface area contributed by atoms with Crippen LogP contribution >= 0.6 is 11.8 Å². The van der Waals surface area contributed by atoms with Crippen molar-refractivity contribution in [2.45, 2.75) is 18.0 Å². The Morgan fingerprint density at radius 2 is 1.94 bits per heavy atom. The van der Waals surface area contributed by atoms with Crippen LogP contribution in [0.2, 0.25) is 0 Å². The van der Waals surface area contributed by atoms with Gasteiger partial charge in [-0.05, 0) is 47.5 Å². The molecule has 0 saturated carbocycles. The maximum absolute atomic E-state index is 9.23. The Labute approximate surface area is 109 Å². The van der Waals surface area contributed by atoms with E-state index in [2.05, 4.69) is 15.5 Å². The van der Waals surface area contributed by atoms with Gasteiger partial charge in [0.15, 0.2) is 0 Å². The highest BCUT2D eigenvalue weighted by Crippen LogP contribution is 2.20. The highest BCUT2D eigenvalue weighted by molar-refractivity contribution is 7.99. The summed E-state index contributed by atoms with van der Waals surface area (Å²) in [5.74, 6) is 1.07. The second-order valence-corrected chi connectivity index (χ2v) is 4.73. The molecule has 7 heteroatoms. The molecule has 0 aliphatic carbocycles. The van der Waals surface area contributed by atoms with Crippen LogP contribution in [0.4, 0.5) is 0 Å². The van der Waals surface area contributed by atoms with Crippen LogP contribution in [0, 0.1) is 0 Å². The molecule has 96 valence electrons. The number of benzene rings is 1. The van der Waals surface area contributed by atoms with Gasteiger partial charge in [-0.1, -0.05) is 11.8 Å². The molecule has 2 aromatic rings. The van der Waals surface area contributed by atoms with Crippen molar-refractivity contribution < 1.29 is 10.2 Å².